The van der Waals surface area contributed by atoms with E-state index in [1.54, 1.807) is 19.1 Å². The summed E-state index contributed by atoms with van der Waals surface area (Å²) < 4.78 is 44.4. The van der Waals surface area contributed by atoms with Crippen molar-refractivity contribution in [2.75, 3.05) is 12.3 Å². The first-order valence-corrected chi connectivity index (χ1v) is 8.98. The maximum Gasteiger partial charge on any atom is 0.435 e. The lowest BCUT2D eigenvalue weighted by atomic mass is 10.0. The molecule has 8 heteroatoms. The van der Waals surface area contributed by atoms with Crippen molar-refractivity contribution in [2.45, 2.75) is 13.1 Å². The van der Waals surface area contributed by atoms with Crippen LogP contribution in [0.5, 0.6) is 0 Å². The Labute approximate surface area is 152 Å². The number of aryl methyl sites for hydroxylation is 1. The highest BCUT2D eigenvalue weighted by Crippen LogP contribution is 2.30. The minimum absolute atomic E-state index is 0.434. The fourth-order valence-corrected chi connectivity index (χ4v) is 3.65. The number of hydrogen-bond acceptors (Lipinski definition) is 4. The topological polar surface area (TPSA) is 33.4 Å². The summed E-state index contributed by atoms with van der Waals surface area (Å²) in [4.78, 5) is 2.10. The normalized spacial score (nSPS) is 17.0. The van der Waals surface area contributed by atoms with E-state index >= 15 is 0 Å². The highest BCUT2D eigenvalue weighted by atomic mass is 32.2. The van der Waals surface area contributed by atoms with Gasteiger partial charge in [-0.2, -0.15) is 22.7 Å². The minimum atomic E-state index is -4.45. The number of nitrogens with zero attached hydrogens (tertiary/aromatic N) is 4. The van der Waals surface area contributed by atoms with Crippen molar-refractivity contribution in [3.05, 3.63) is 65.6 Å². The van der Waals surface area contributed by atoms with Gasteiger partial charge in [0.25, 0.3) is 0 Å². The zero-order valence-corrected chi connectivity index (χ0v) is 14.7. The first-order chi connectivity index (χ1) is 12.4. The lowest BCUT2D eigenvalue weighted by molar-refractivity contribution is -0.141. The highest BCUT2D eigenvalue weighted by Gasteiger charge is 2.34. The molecule has 0 fully saturated rings. The molecule has 4 nitrogen and oxygen atoms in total. The van der Waals surface area contributed by atoms with Crippen molar-refractivity contribution >= 4 is 23.4 Å². The van der Waals surface area contributed by atoms with Crippen molar-refractivity contribution in [3.63, 3.8) is 0 Å². The Morgan fingerprint density at radius 2 is 1.92 bits per heavy atom. The Bertz CT molecular complexity index is 923. The van der Waals surface area contributed by atoms with E-state index in [1.165, 1.54) is 16.6 Å². The molecule has 2 aromatic rings. The molecule has 0 saturated carbocycles. The number of alkyl halides is 3. The molecular weight excluding hydrogens is 361 g/mol. The molecule has 0 atom stereocenters. The number of allylic oxidation sites excluding steroid dienone is 2. The number of amidine groups is 1. The molecule has 0 unspecified atom stereocenters. The molecule has 3 heterocycles. The molecule has 0 bridgehead atoms. The van der Waals surface area contributed by atoms with Crippen LogP contribution in [-0.2, 0) is 6.18 Å². The van der Waals surface area contributed by atoms with Gasteiger partial charge in [0.05, 0.1) is 5.69 Å². The third kappa shape index (κ3) is 3.05. The van der Waals surface area contributed by atoms with E-state index in [0.717, 1.165) is 35.3 Å². The van der Waals surface area contributed by atoms with E-state index in [4.69, 9.17) is 0 Å². The third-order valence-electron chi connectivity index (χ3n) is 4.22. The van der Waals surface area contributed by atoms with Crippen LogP contribution in [0, 0.1) is 6.92 Å². The Hall–Kier alpha value is -2.48. The van der Waals surface area contributed by atoms with Crippen LogP contribution in [0.15, 0.2) is 53.1 Å². The Kier molecular flexibility index (Phi) is 4.14. The smallest absolute Gasteiger partial charge is 0.331 e. The Balaban J connectivity index is 1.66. The first-order valence-electron chi connectivity index (χ1n) is 8.03. The predicted molar refractivity (Wildman–Crippen MR) is 97.0 cm³/mol. The molecule has 2 aliphatic rings. The summed E-state index contributed by atoms with van der Waals surface area (Å²) in [5, 5.41) is 3.69. The minimum Gasteiger partial charge on any atom is -0.331 e. The van der Waals surface area contributed by atoms with Crippen molar-refractivity contribution < 1.29 is 13.2 Å². The Morgan fingerprint density at radius 3 is 2.62 bits per heavy atom. The summed E-state index contributed by atoms with van der Waals surface area (Å²) in [6.45, 7) is 2.51. The molecule has 0 amide bonds. The van der Waals surface area contributed by atoms with Gasteiger partial charge in [0, 0.05) is 29.8 Å². The van der Waals surface area contributed by atoms with Gasteiger partial charge in [0.1, 0.15) is 5.84 Å². The summed E-state index contributed by atoms with van der Waals surface area (Å²) in [5.74, 6) is 1.85. The molecule has 4 rings (SSSR count). The van der Waals surface area contributed by atoms with Gasteiger partial charge in [-0.15, -0.1) is 0 Å². The number of hydrogen-bond donors (Lipinski definition) is 0. The van der Waals surface area contributed by atoms with Crippen LogP contribution >= 0.6 is 11.9 Å². The van der Waals surface area contributed by atoms with Crippen LogP contribution in [0.3, 0.4) is 0 Å². The average molecular weight is 376 g/mol. The van der Waals surface area contributed by atoms with E-state index in [2.05, 4.69) is 14.4 Å². The molecule has 0 spiro atoms. The van der Waals surface area contributed by atoms with Crippen LogP contribution in [0.4, 0.5) is 13.2 Å². The monoisotopic (exact) mass is 376 g/mol. The standard InChI is InChI=1S/C18H15F3N4S/c1-12-11-16(18(19,20)21)22-25(12)14-6-4-13(5-7-14)15-3-2-8-24-9-10-26-23-17(15)24/h2-8,11H,9-10H2,1H3. The lowest BCUT2D eigenvalue weighted by Crippen LogP contribution is -2.32. The van der Waals surface area contributed by atoms with Gasteiger partial charge in [-0.3, -0.25) is 0 Å². The first kappa shape index (κ1) is 17.0. The number of aromatic nitrogens is 2. The molecule has 2 aliphatic heterocycles. The second kappa shape index (κ2) is 6.35. The number of halogens is 3. The third-order valence-corrected chi connectivity index (χ3v) is 4.88. The molecule has 0 N–H and O–H groups in total. The fourth-order valence-electron chi connectivity index (χ4n) is 2.95. The van der Waals surface area contributed by atoms with Crippen molar-refractivity contribution in [3.8, 4) is 5.69 Å². The molecule has 0 saturated heterocycles. The zero-order chi connectivity index (χ0) is 18.3. The molecule has 0 aliphatic carbocycles. The quantitative estimate of drug-likeness (QED) is 0.725. The van der Waals surface area contributed by atoms with Gasteiger partial charge >= 0.3 is 6.18 Å². The predicted octanol–water partition coefficient (Wildman–Crippen LogP) is 4.47. The van der Waals surface area contributed by atoms with E-state index < -0.39 is 11.9 Å². The molecule has 134 valence electrons. The van der Waals surface area contributed by atoms with Crippen LogP contribution in [0.2, 0.25) is 0 Å². The van der Waals surface area contributed by atoms with Crippen LogP contribution in [-0.4, -0.2) is 32.8 Å². The molecule has 26 heavy (non-hydrogen) atoms. The SMILES string of the molecule is Cc1cc(C(F)(F)F)nn1-c1ccc(C2=CC=CN3CCSN=C23)cc1. The van der Waals surface area contributed by atoms with Crippen LogP contribution < -0.4 is 0 Å². The van der Waals surface area contributed by atoms with E-state index in [-0.39, 0.29) is 0 Å². The maximum atomic E-state index is 12.9. The highest BCUT2D eigenvalue weighted by molar-refractivity contribution is 7.98. The van der Waals surface area contributed by atoms with Gasteiger partial charge in [0.15, 0.2) is 5.69 Å². The van der Waals surface area contributed by atoms with E-state index in [0.29, 0.717) is 11.4 Å². The van der Waals surface area contributed by atoms with Crippen LogP contribution in [0.1, 0.15) is 17.0 Å². The largest absolute Gasteiger partial charge is 0.435 e. The summed E-state index contributed by atoms with van der Waals surface area (Å²) in [6, 6.07) is 8.36. The maximum absolute atomic E-state index is 12.9. The van der Waals surface area contributed by atoms with Crippen LogP contribution in [0.25, 0.3) is 11.3 Å². The number of fused-ring (bicyclic) bond motifs is 1. The lowest BCUT2D eigenvalue weighted by Gasteiger charge is -2.29. The summed E-state index contributed by atoms with van der Waals surface area (Å²) in [7, 11) is 0. The molecule has 0 radical (unpaired) electrons. The summed E-state index contributed by atoms with van der Waals surface area (Å²) >= 11 is 1.54. The van der Waals surface area contributed by atoms with E-state index in [9.17, 15) is 13.2 Å². The Morgan fingerprint density at radius 1 is 1.15 bits per heavy atom. The average Bonchev–Trinajstić information content (AvgIpc) is 3.04. The molecule has 1 aromatic carbocycles. The summed E-state index contributed by atoms with van der Waals surface area (Å²) in [6.07, 6.45) is 1.53. The summed E-state index contributed by atoms with van der Waals surface area (Å²) in [5.41, 5.74) is 2.10. The van der Waals surface area contributed by atoms with Gasteiger partial charge < -0.3 is 4.90 Å². The molecular formula is C18H15F3N4S. The number of benzene rings is 1. The van der Waals surface area contributed by atoms with Gasteiger partial charge in [0.2, 0.25) is 0 Å². The van der Waals surface area contributed by atoms with Gasteiger partial charge in [-0.1, -0.05) is 12.1 Å². The second-order valence-corrected chi connectivity index (χ2v) is 6.84. The number of rotatable bonds is 2. The fraction of sp³-hybridized carbons (Fsp3) is 0.222. The molecule has 1 aromatic heterocycles. The zero-order valence-electron chi connectivity index (χ0n) is 13.9. The van der Waals surface area contributed by atoms with Crippen molar-refractivity contribution in [2.24, 2.45) is 4.40 Å². The second-order valence-electron chi connectivity index (χ2n) is 5.99. The van der Waals surface area contributed by atoms with Crippen molar-refractivity contribution in [1.29, 1.82) is 0 Å². The van der Waals surface area contributed by atoms with Crippen molar-refractivity contribution in [1.82, 2.24) is 14.7 Å². The van der Waals surface area contributed by atoms with Gasteiger partial charge in [-0.25, -0.2) is 4.68 Å². The van der Waals surface area contributed by atoms with Gasteiger partial charge in [-0.05, 0) is 54.8 Å². The van der Waals surface area contributed by atoms with E-state index in [1.807, 2.05) is 30.5 Å².